The normalized spacial score (nSPS) is 10.4. The molecule has 0 aliphatic rings. The Balaban J connectivity index is 2.22. The number of nitrogens with zero attached hydrogens (tertiary/aromatic N) is 1. The van der Waals surface area contributed by atoms with Crippen LogP contribution in [0.3, 0.4) is 0 Å². The molecule has 1 aromatic heterocycles. The highest BCUT2D eigenvalue weighted by Gasteiger charge is 2.04. The van der Waals surface area contributed by atoms with Crippen LogP contribution in [0.15, 0.2) is 12.1 Å². The van der Waals surface area contributed by atoms with E-state index in [1.54, 1.807) is 0 Å². The molecule has 0 saturated heterocycles. The van der Waals surface area contributed by atoms with Gasteiger partial charge in [-0.05, 0) is 25.5 Å². The third kappa shape index (κ3) is 4.61. The lowest BCUT2D eigenvalue weighted by Crippen LogP contribution is -2.29. The van der Waals surface area contributed by atoms with Gasteiger partial charge in [-0.2, -0.15) is 0 Å². The number of nitrogens with one attached hydrogen (secondary N) is 2. The summed E-state index contributed by atoms with van der Waals surface area (Å²) in [5.41, 5.74) is 7.21. The molecule has 5 heteroatoms. The lowest BCUT2D eigenvalue weighted by molar-refractivity contribution is -0.123. The van der Waals surface area contributed by atoms with Gasteiger partial charge in [0, 0.05) is 19.0 Å². The fraction of sp³-hybridized carbons (Fsp3) is 0.538. The summed E-state index contributed by atoms with van der Waals surface area (Å²) in [6, 6.07) is 3.69. The van der Waals surface area contributed by atoms with Crippen molar-refractivity contribution in [3.8, 4) is 0 Å². The van der Waals surface area contributed by atoms with Gasteiger partial charge in [-0.3, -0.25) is 4.79 Å². The molecule has 4 N–H and O–H groups in total. The molecule has 0 radical (unpaired) electrons. The van der Waals surface area contributed by atoms with Crippen LogP contribution in [0, 0.1) is 12.8 Å². The van der Waals surface area contributed by atoms with Crippen LogP contribution < -0.4 is 16.4 Å². The van der Waals surface area contributed by atoms with Crippen molar-refractivity contribution in [2.24, 2.45) is 5.92 Å². The molecule has 0 aliphatic carbocycles. The summed E-state index contributed by atoms with van der Waals surface area (Å²) in [6.45, 7) is 7.10. The van der Waals surface area contributed by atoms with Crippen LogP contribution in [0.25, 0.3) is 0 Å². The van der Waals surface area contributed by atoms with Gasteiger partial charge < -0.3 is 16.4 Å². The molecule has 0 fully saturated rings. The highest BCUT2D eigenvalue weighted by Crippen LogP contribution is 2.11. The molecule has 0 bridgehead atoms. The van der Waals surface area contributed by atoms with E-state index in [2.05, 4.69) is 15.6 Å². The predicted octanol–water partition coefficient (Wildman–Crippen LogP) is 1.55. The Bertz CT molecular complexity index is 404. The Morgan fingerprint density at radius 2 is 2.11 bits per heavy atom. The average molecular weight is 250 g/mol. The highest BCUT2D eigenvalue weighted by atomic mass is 16.1. The van der Waals surface area contributed by atoms with Crippen molar-refractivity contribution in [1.29, 1.82) is 0 Å². The standard InChI is InChI=1S/C13H22N4O/c1-9(2)13(18)16-8-4-7-15-12-6-5-11(14)10(3)17-12/h5-6,9H,4,7-8,14H2,1-3H3,(H,15,17)(H,16,18). The monoisotopic (exact) mass is 250 g/mol. The van der Waals surface area contributed by atoms with Gasteiger partial charge in [-0.15, -0.1) is 0 Å². The molecule has 0 unspecified atom stereocenters. The molecule has 1 heterocycles. The third-order valence-corrected chi connectivity index (χ3v) is 2.61. The molecule has 0 saturated carbocycles. The number of aromatic nitrogens is 1. The minimum atomic E-state index is 0.0411. The second-order valence-electron chi connectivity index (χ2n) is 4.60. The predicted molar refractivity (Wildman–Crippen MR) is 74.3 cm³/mol. The van der Waals surface area contributed by atoms with Crippen molar-refractivity contribution >= 4 is 17.4 Å². The van der Waals surface area contributed by atoms with Crippen LogP contribution >= 0.6 is 0 Å². The average Bonchev–Trinajstić information content (AvgIpc) is 2.32. The van der Waals surface area contributed by atoms with E-state index in [1.807, 2.05) is 32.9 Å². The van der Waals surface area contributed by atoms with Crippen LogP contribution in [0.5, 0.6) is 0 Å². The number of anilines is 2. The molecule has 1 rings (SSSR count). The maximum atomic E-state index is 11.3. The van der Waals surface area contributed by atoms with Gasteiger partial charge in [-0.1, -0.05) is 13.8 Å². The van der Waals surface area contributed by atoms with Gasteiger partial charge in [0.1, 0.15) is 5.82 Å². The number of carbonyl (C=O) groups excluding carboxylic acids is 1. The first kappa shape index (κ1) is 14.3. The van der Waals surface area contributed by atoms with E-state index in [-0.39, 0.29) is 11.8 Å². The molecule has 0 atom stereocenters. The first-order valence-electron chi connectivity index (χ1n) is 6.25. The molecule has 1 aromatic rings. The van der Waals surface area contributed by atoms with Crippen molar-refractivity contribution in [2.75, 3.05) is 24.1 Å². The molecule has 100 valence electrons. The molecule has 0 aromatic carbocycles. The fourth-order valence-corrected chi connectivity index (χ4v) is 1.39. The van der Waals surface area contributed by atoms with Crippen LogP contribution in [-0.2, 0) is 4.79 Å². The maximum Gasteiger partial charge on any atom is 0.222 e. The second kappa shape index (κ2) is 6.83. The van der Waals surface area contributed by atoms with Gasteiger partial charge >= 0.3 is 0 Å². The van der Waals surface area contributed by atoms with E-state index in [0.29, 0.717) is 12.2 Å². The summed E-state index contributed by atoms with van der Waals surface area (Å²) in [5, 5.41) is 6.07. The van der Waals surface area contributed by atoms with E-state index in [0.717, 1.165) is 24.5 Å². The quantitative estimate of drug-likeness (QED) is 0.669. The summed E-state index contributed by atoms with van der Waals surface area (Å²) < 4.78 is 0. The maximum absolute atomic E-state index is 11.3. The number of rotatable bonds is 6. The number of carbonyl (C=O) groups is 1. The first-order valence-corrected chi connectivity index (χ1v) is 6.25. The Morgan fingerprint density at radius 1 is 1.39 bits per heavy atom. The number of hydrogen-bond acceptors (Lipinski definition) is 4. The molecular formula is C13H22N4O. The van der Waals surface area contributed by atoms with Crippen molar-refractivity contribution in [2.45, 2.75) is 27.2 Å². The Labute approximate surface area is 108 Å². The van der Waals surface area contributed by atoms with Gasteiger partial charge in [0.25, 0.3) is 0 Å². The number of nitrogen functional groups attached to an aromatic ring is 1. The third-order valence-electron chi connectivity index (χ3n) is 2.61. The summed E-state index contributed by atoms with van der Waals surface area (Å²) >= 11 is 0. The number of pyridine rings is 1. The molecule has 0 aliphatic heterocycles. The summed E-state index contributed by atoms with van der Waals surface area (Å²) in [5.74, 6) is 0.952. The van der Waals surface area contributed by atoms with E-state index in [4.69, 9.17) is 5.73 Å². The van der Waals surface area contributed by atoms with Crippen molar-refractivity contribution < 1.29 is 4.79 Å². The van der Waals surface area contributed by atoms with Crippen LogP contribution in [0.1, 0.15) is 26.0 Å². The van der Waals surface area contributed by atoms with E-state index < -0.39 is 0 Å². The zero-order valence-corrected chi connectivity index (χ0v) is 11.3. The molecule has 18 heavy (non-hydrogen) atoms. The van der Waals surface area contributed by atoms with Crippen LogP contribution in [0.4, 0.5) is 11.5 Å². The number of nitrogens with two attached hydrogens (primary N) is 1. The zero-order chi connectivity index (χ0) is 13.5. The van der Waals surface area contributed by atoms with Crippen LogP contribution in [-0.4, -0.2) is 24.0 Å². The second-order valence-corrected chi connectivity index (χ2v) is 4.60. The van der Waals surface area contributed by atoms with Crippen molar-refractivity contribution in [1.82, 2.24) is 10.3 Å². The Kier molecular flexibility index (Phi) is 5.42. The van der Waals surface area contributed by atoms with E-state index in [1.165, 1.54) is 0 Å². The largest absolute Gasteiger partial charge is 0.397 e. The van der Waals surface area contributed by atoms with E-state index in [9.17, 15) is 4.79 Å². The lowest BCUT2D eigenvalue weighted by atomic mass is 10.2. The van der Waals surface area contributed by atoms with Crippen molar-refractivity contribution in [3.63, 3.8) is 0 Å². The number of aryl methyl sites for hydroxylation is 1. The number of hydrogen-bond donors (Lipinski definition) is 3. The molecule has 0 spiro atoms. The molecule has 5 nitrogen and oxygen atoms in total. The first-order chi connectivity index (χ1) is 8.50. The van der Waals surface area contributed by atoms with Crippen LogP contribution in [0.2, 0.25) is 0 Å². The SMILES string of the molecule is Cc1nc(NCCCNC(=O)C(C)C)ccc1N. The fourth-order valence-electron chi connectivity index (χ4n) is 1.39. The summed E-state index contributed by atoms with van der Waals surface area (Å²) in [6.07, 6.45) is 0.865. The molecule has 1 amide bonds. The number of amides is 1. The zero-order valence-electron chi connectivity index (χ0n) is 11.3. The summed E-state index contributed by atoms with van der Waals surface area (Å²) in [7, 11) is 0. The van der Waals surface area contributed by atoms with Gasteiger partial charge in [0.15, 0.2) is 0 Å². The molecular weight excluding hydrogens is 228 g/mol. The lowest BCUT2D eigenvalue weighted by Gasteiger charge is -2.09. The topological polar surface area (TPSA) is 80.0 Å². The Hall–Kier alpha value is -1.78. The van der Waals surface area contributed by atoms with Gasteiger partial charge in [0.2, 0.25) is 5.91 Å². The highest BCUT2D eigenvalue weighted by molar-refractivity contribution is 5.77. The van der Waals surface area contributed by atoms with Crippen molar-refractivity contribution in [3.05, 3.63) is 17.8 Å². The van der Waals surface area contributed by atoms with Gasteiger partial charge in [0.05, 0.1) is 11.4 Å². The van der Waals surface area contributed by atoms with E-state index >= 15 is 0 Å². The van der Waals surface area contributed by atoms with Gasteiger partial charge in [-0.25, -0.2) is 4.98 Å². The minimum Gasteiger partial charge on any atom is -0.397 e. The smallest absolute Gasteiger partial charge is 0.222 e. The Morgan fingerprint density at radius 3 is 2.72 bits per heavy atom. The minimum absolute atomic E-state index is 0.0411. The summed E-state index contributed by atoms with van der Waals surface area (Å²) in [4.78, 5) is 15.6.